The highest BCUT2D eigenvalue weighted by Gasteiger charge is 2.48. The van der Waals surface area contributed by atoms with E-state index in [9.17, 15) is 14.7 Å². The van der Waals surface area contributed by atoms with Gasteiger partial charge in [0.2, 0.25) is 0 Å². The number of ketones is 1. The molecule has 2 atom stereocenters. The van der Waals surface area contributed by atoms with Crippen molar-refractivity contribution in [3.63, 3.8) is 0 Å². The highest BCUT2D eigenvalue weighted by Crippen LogP contribution is 2.43. The summed E-state index contributed by atoms with van der Waals surface area (Å²) in [6.45, 7) is 5.90. The summed E-state index contributed by atoms with van der Waals surface area (Å²) in [5, 5.41) is 11.2. The molecular formula is C21H36O4. The second-order valence-electron chi connectivity index (χ2n) is 7.43. The Kier molecular flexibility index (Phi) is 9.41. The zero-order valence-corrected chi connectivity index (χ0v) is 16.5. The van der Waals surface area contributed by atoms with Gasteiger partial charge in [0.25, 0.3) is 0 Å². The molecule has 144 valence electrons. The van der Waals surface area contributed by atoms with Crippen molar-refractivity contribution in [2.45, 2.75) is 97.0 Å². The van der Waals surface area contributed by atoms with E-state index < -0.39 is 5.60 Å². The van der Waals surface area contributed by atoms with Crippen LogP contribution in [0, 0.1) is 5.92 Å². The van der Waals surface area contributed by atoms with E-state index in [2.05, 4.69) is 11.7 Å². The first kappa shape index (κ1) is 21.9. The minimum absolute atomic E-state index is 0.135. The number of ether oxygens (including phenoxy) is 1. The van der Waals surface area contributed by atoms with Crippen molar-refractivity contribution in [2.24, 2.45) is 5.92 Å². The third-order valence-electron chi connectivity index (χ3n) is 5.74. The molecule has 0 saturated heterocycles. The van der Waals surface area contributed by atoms with E-state index in [4.69, 9.17) is 0 Å². The fourth-order valence-electron chi connectivity index (χ4n) is 3.86. The highest BCUT2D eigenvalue weighted by molar-refractivity contribution is 6.01. The fourth-order valence-corrected chi connectivity index (χ4v) is 3.86. The maximum absolute atomic E-state index is 12.5. The number of carbonyl (C=O) groups is 2. The summed E-state index contributed by atoms with van der Waals surface area (Å²) in [5.74, 6) is -0.229. The molecule has 0 saturated carbocycles. The SMILES string of the molecule is CCCC[C@H]1C(=O)C(C)=C(C)[C@@]1(O)CCCCCCCCC(=O)OC. The number of allylic oxidation sites excluding steroid dienone is 1. The van der Waals surface area contributed by atoms with Gasteiger partial charge in [-0.25, -0.2) is 0 Å². The Morgan fingerprint density at radius 2 is 1.68 bits per heavy atom. The van der Waals surface area contributed by atoms with Gasteiger partial charge in [0, 0.05) is 6.42 Å². The number of esters is 1. The lowest BCUT2D eigenvalue weighted by molar-refractivity contribution is -0.140. The quantitative estimate of drug-likeness (QED) is 0.407. The Bertz CT molecular complexity index is 480. The first-order valence-electron chi connectivity index (χ1n) is 9.89. The number of Topliss-reactive ketones (excluding diaryl/α,β-unsaturated/α-hetero) is 1. The van der Waals surface area contributed by atoms with Crippen LogP contribution in [0.2, 0.25) is 0 Å². The summed E-state index contributed by atoms with van der Waals surface area (Å²) in [5.41, 5.74) is 0.726. The molecule has 1 rings (SSSR count). The predicted octanol–water partition coefficient (Wildman–Crippen LogP) is 4.74. The molecular weight excluding hydrogens is 316 g/mol. The van der Waals surface area contributed by atoms with Crippen LogP contribution in [0.15, 0.2) is 11.1 Å². The van der Waals surface area contributed by atoms with Gasteiger partial charge in [-0.15, -0.1) is 0 Å². The smallest absolute Gasteiger partial charge is 0.305 e. The normalized spacial score (nSPS) is 23.4. The Morgan fingerprint density at radius 3 is 2.28 bits per heavy atom. The largest absolute Gasteiger partial charge is 0.469 e. The molecule has 25 heavy (non-hydrogen) atoms. The first-order valence-corrected chi connectivity index (χ1v) is 9.89. The lowest BCUT2D eigenvalue weighted by atomic mass is 9.79. The van der Waals surface area contributed by atoms with Gasteiger partial charge in [-0.05, 0) is 44.3 Å². The number of carbonyl (C=O) groups excluding carboxylic acids is 2. The maximum Gasteiger partial charge on any atom is 0.305 e. The minimum atomic E-state index is -0.929. The van der Waals surface area contributed by atoms with E-state index in [1.54, 1.807) is 0 Å². The lowest BCUT2D eigenvalue weighted by Crippen LogP contribution is -2.38. The molecule has 0 unspecified atom stereocenters. The molecule has 0 aromatic heterocycles. The minimum Gasteiger partial charge on any atom is -0.469 e. The molecule has 0 heterocycles. The topological polar surface area (TPSA) is 63.6 Å². The Hall–Kier alpha value is -1.16. The van der Waals surface area contributed by atoms with Gasteiger partial charge in [0.1, 0.15) is 0 Å². The summed E-state index contributed by atoms with van der Waals surface area (Å²) in [7, 11) is 1.42. The first-order chi connectivity index (χ1) is 11.9. The lowest BCUT2D eigenvalue weighted by Gasteiger charge is -2.31. The summed E-state index contributed by atoms with van der Waals surface area (Å²) < 4.78 is 4.63. The van der Waals surface area contributed by atoms with Gasteiger partial charge in [-0.2, -0.15) is 0 Å². The highest BCUT2D eigenvalue weighted by atomic mass is 16.5. The number of methoxy groups -OCH3 is 1. The van der Waals surface area contributed by atoms with Crippen molar-refractivity contribution >= 4 is 11.8 Å². The number of aliphatic hydroxyl groups is 1. The molecule has 4 heteroatoms. The second-order valence-corrected chi connectivity index (χ2v) is 7.43. The van der Waals surface area contributed by atoms with E-state index in [0.29, 0.717) is 12.8 Å². The molecule has 0 amide bonds. The molecule has 0 aromatic rings. The second kappa shape index (κ2) is 10.7. The number of rotatable bonds is 12. The van der Waals surface area contributed by atoms with E-state index in [1.165, 1.54) is 7.11 Å². The summed E-state index contributed by atoms with van der Waals surface area (Å²) in [6, 6.07) is 0. The molecule has 1 aliphatic rings. The molecule has 4 nitrogen and oxygen atoms in total. The van der Waals surface area contributed by atoms with Gasteiger partial charge >= 0.3 is 5.97 Å². The molecule has 0 aliphatic heterocycles. The zero-order valence-electron chi connectivity index (χ0n) is 16.5. The van der Waals surface area contributed by atoms with Gasteiger partial charge in [-0.3, -0.25) is 9.59 Å². The van der Waals surface area contributed by atoms with E-state index >= 15 is 0 Å². The third-order valence-corrected chi connectivity index (χ3v) is 5.74. The van der Waals surface area contributed by atoms with E-state index in [-0.39, 0.29) is 17.7 Å². The van der Waals surface area contributed by atoms with Gasteiger partial charge in [0.05, 0.1) is 18.6 Å². The van der Waals surface area contributed by atoms with Crippen molar-refractivity contribution in [3.8, 4) is 0 Å². The van der Waals surface area contributed by atoms with Crippen molar-refractivity contribution in [1.29, 1.82) is 0 Å². The summed E-state index contributed by atoms with van der Waals surface area (Å²) in [4.78, 5) is 23.5. The molecule has 0 bridgehead atoms. The molecule has 0 aromatic carbocycles. The van der Waals surface area contributed by atoms with Crippen LogP contribution in [0.1, 0.15) is 91.4 Å². The van der Waals surface area contributed by atoms with Gasteiger partial charge in [0.15, 0.2) is 5.78 Å². The predicted molar refractivity (Wildman–Crippen MR) is 100 cm³/mol. The molecule has 1 aliphatic carbocycles. The van der Waals surface area contributed by atoms with Gasteiger partial charge in [-0.1, -0.05) is 51.9 Å². The monoisotopic (exact) mass is 352 g/mol. The van der Waals surface area contributed by atoms with Gasteiger partial charge < -0.3 is 9.84 Å². The number of unbranched alkanes of at least 4 members (excludes halogenated alkanes) is 6. The van der Waals surface area contributed by atoms with Crippen molar-refractivity contribution in [3.05, 3.63) is 11.1 Å². The standard InChI is InChI=1S/C21H36O4/c1-5-6-13-18-20(23)16(2)17(3)21(18,24)15-12-10-8-7-9-11-14-19(22)25-4/h18,24H,5-15H2,1-4H3/t18-,21-/m0/s1. The van der Waals surface area contributed by atoms with Crippen molar-refractivity contribution < 1.29 is 19.4 Å². The van der Waals surface area contributed by atoms with Crippen LogP contribution >= 0.6 is 0 Å². The van der Waals surface area contributed by atoms with Crippen LogP contribution in [0.4, 0.5) is 0 Å². The Labute approximate surface area is 153 Å². The fraction of sp³-hybridized carbons (Fsp3) is 0.810. The maximum atomic E-state index is 12.5. The van der Waals surface area contributed by atoms with Crippen LogP contribution in [0.5, 0.6) is 0 Å². The number of hydrogen-bond donors (Lipinski definition) is 1. The molecule has 0 spiro atoms. The average Bonchev–Trinajstić information content (AvgIpc) is 2.76. The average molecular weight is 353 g/mol. The van der Waals surface area contributed by atoms with Crippen LogP contribution < -0.4 is 0 Å². The zero-order chi connectivity index (χ0) is 18.9. The summed E-state index contributed by atoms with van der Waals surface area (Å²) in [6.07, 6.45) is 10.1. The van der Waals surface area contributed by atoms with E-state index in [1.807, 2.05) is 13.8 Å². The molecule has 0 radical (unpaired) electrons. The Balaban J connectivity index is 2.35. The van der Waals surface area contributed by atoms with Crippen molar-refractivity contribution in [1.82, 2.24) is 0 Å². The van der Waals surface area contributed by atoms with Crippen LogP contribution in [-0.4, -0.2) is 29.6 Å². The van der Waals surface area contributed by atoms with Crippen LogP contribution in [0.3, 0.4) is 0 Å². The molecule has 0 fully saturated rings. The van der Waals surface area contributed by atoms with Crippen molar-refractivity contribution in [2.75, 3.05) is 7.11 Å². The van der Waals surface area contributed by atoms with E-state index in [0.717, 1.165) is 68.9 Å². The summed E-state index contributed by atoms with van der Waals surface area (Å²) >= 11 is 0. The Morgan fingerprint density at radius 1 is 1.08 bits per heavy atom. The third kappa shape index (κ3) is 5.95. The van der Waals surface area contributed by atoms with Crippen LogP contribution in [-0.2, 0) is 14.3 Å². The molecule has 1 N–H and O–H groups in total. The number of hydrogen-bond acceptors (Lipinski definition) is 4. The van der Waals surface area contributed by atoms with Crippen LogP contribution in [0.25, 0.3) is 0 Å².